The molecule has 4 heteroatoms. The summed E-state index contributed by atoms with van der Waals surface area (Å²) in [5.74, 6) is 0. The van der Waals surface area contributed by atoms with Crippen molar-refractivity contribution in [3.8, 4) is 0 Å². The Balaban J connectivity index is 2.92. The molecule has 0 aromatic heterocycles. The monoisotopic (exact) mass is 198 g/mol. The lowest BCUT2D eigenvalue weighted by molar-refractivity contribution is 0.602. The molecule has 0 aliphatic carbocycles. The summed E-state index contributed by atoms with van der Waals surface area (Å²) in [6, 6.07) is 0. The minimum Gasteiger partial charge on any atom is -0.390 e. The van der Waals surface area contributed by atoms with E-state index in [-0.39, 0.29) is 0 Å². The molecule has 0 rings (SSSR count). The summed E-state index contributed by atoms with van der Waals surface area (Å²) in [6.45, 7) is 1.74. The van der Waals surface area contributed by atoms with Crippen LogP contribution < -0.4 is 11.5 Å². The Morgan fingerprint density at radius 3 is 1.36 bits per heavy atom. The zero-order valence-electron chi connectivity index (χ0n) is 8.86. The minimum absolute atomic E-state index is 0.869. The van der Waals surface area contributed by atoms with Gasteiger partial charge in [0.15, 0.2) is 0 Å². The van der Waals surface area contributed by atoms with Crippen molar-refractivity contribution >= 4 is 12.7 Å². The highest BCUT2D eigenvalue weighted by atomic mass is 14.8. The number of hydrogen-bond donors (Lipinski definition) is 2. The first-order chi connectivity index (χ1) is 6.91. The predicted molar refractivity (Wildman–Crippen MR) is 62.8 cm³/mol. The van der Waals surface area contributed by atoms with E-state index >= 15 is 0 Å². The molecule has 0 amide bonds. The van der Waals surface area contributed by atoms with Gasteiger partial charge in [-0.1, -0.05) is 25.7 Å². The van der Waals surface area contributed by atoms with Gasteiger partial charge in [-0.05, 0) is 12.8 Å². The third kappa shape index (κ3) is 10.9. The first-order valence-corrected chi connectivity index (χ1v) is 5.32. The molecule has 0 aromatic carbocycles. The minimum atomic E-state index is 0.869. The number of unbranched alkanes of at least 4 members (excludes halogenated alkanes) is 5. The summed E-state index contributed by atoms with van der Waals surface area (Å²) in [5, 5.41) is 0. The normalized spacial score (nSPS) is 11.7. The van der Waals surface area contributed by atoms with Crippen LogP contribution in [0.15, 0.2) is 9.98 Å². The highest BCUT2D eigenvalue weighted by molar-refractivity contribution is 5.51. The van der Waals surface area contributed by atoms with Gasteiger partial charge < -0.3 is 11.5 Å². The maximum Gasteiger partial charge on any atom is 0.0797 e. The second-order valence-electron chi connectivity index (χ2n) is 3.23. The molecule has 14 heavy (non-hydrogen) atoms. The lowest BCUT2D eigenvalue weighted by atomic mass is 10.1. The van der Waals surface area contributed by atoms with Gasteiger partial charge >= 0.3 is 0 Å². The third-order valence-electron chi connectivity index (χ3n) is 2.04. The molecule has 0 aliphatic heterocycles. The molecule has 4 nitrogen and oxygen atoms in total. The smallest absolute Gasteiger partial charge is 0.0797 e. The molecule has 0 unspecified atom stereocenters. The van der Waals surface area contributed by atoms with Gasteiger partial charge in [-0.3, -0.25) is 9.98 Å². The number of aliphatic imine (C=N–C) groups is 2. The topological polar surface area (TPSA) is 76.8 Å². The zero-order valence-corrected chi connectivity index (χ0v) is 8.86. The number of nitrogens with zero attached hydrogens (tertiary/aromatic N) is 2. The molecule has 0 bridgehead atoms. The van der Waals surface area contributed by atoms with Crippen molar-refractivity contribution in [2.24, 2.45) is 21.5 Å². The molecule has 0 saturated heterocycles. The van der Waals surface area contributed by atoms with Crippen LogP contribution in [0.4, 0.5) is 0 Å². The summed E-state index contributed by atoms with van der Waals surface area (Å²) in [4.78, 5) is 7.90. The first kappa shape index (κ1) is 12.9. The van der Waals surface area contributed by atoms with Crippen LogP contribution in [-0.2, 0) is 0 Å². The molecule has 0 heterocycles. The maximum atomic E-state index is 5.12. The van der Waals surface area contributed by atoms with Crippen LogP contribution in [-0.4, -0.2) is 25.8 Å². The van der Waals surface area contributed by atoms with Crippen molar-refractivity contribution in [3.63, 3.8) is 0 Å². The second-order valence-corrected chi connectivity index (χ2v) is 3.23. The van der Waals surface area contributed by atoms with Gasteiger partial charge in [0, 0.05) is 13.1 Å². The Morgan fingerprint density at radius 1 is 0.643 bits per heavy atom. The van der Waals surface area contributed by atoms with Gasteiger partial charge in [0.1, 0.15) is 0 Å². The van der Waals surface area contributed by atoms with E-state index in [9.17, 15) is 0 Å². The van der Waals surface area contributed by atoms with Crippen LogP contribution in [0.1, 0.15) is 38.5 Å². The summed E-state index contributed by atoms with van der Waals surface area (Å²) < 4.78 is 0. The number of nitrogens with two attached hydrogens (primary N) is 2. The Bertz CT molecular complexity index is 136. The van der Waals surface area contributed by atoms with Gasteiger partial charge in [-0.25, -0.2) is 0 Å². The fraction of sp³-hybridized carbons (Fsp3) is 0.800. The number of hydrogen-bond acceptors (Lipinski definition) is 2. The van der Waals surface area contributed by atoms with Gasteiger partial charge in [0.2, 0.25) is 0 Å². The average molecular weight is 198 g/mol. The van der Waals surface area contributed by atoms with E-state index in [0.29, 0.717) is 0 Å². The van der Waals surface area contributed by atoms with E-state index in [0.717, 1.165) is 25.9 Å². The van der Waals surface area contributed by atoms with Crippen LogP contribution in [0.3, 0.4) is 0 Å². The van der Waals surface area contributed by atoms with E-state index in [1.165, 1.54) is 38.4 Å². The van der Waals surface area contributed by atoms with Crippen LogP contribution >= 0.6 is 0 Å². The van der Waals surface area contributed by atoms with Crippen LogP contribution in [0, 0.1) is 0 Å². The quantitative estimate of drug-likeness (QED) is 0.333. The molecule has 0 spiro atoms. The van der Waals surface area contributed by atoms with Gasteiger partial charge in [-0.15, -0.1) is 0 Å². The Labute approximate surface area is 86.5 Å². The fourth-order valence-electron chi connectivity index (χ4n) is 1.26. The van der Waals surface area contributed by atoms with Crippen LogP contribution in [0.25, 0.3) is 0 Å². The number of rotatable bonds is 9. The highest BCUT2D eigenvalue weighted by Crippen LogP contribution is 2.05. The first-order valence-electron chi connectivity index (χ1n) is 5.32. The van der Waals surface area contributed by atoms with E-state index in [2.05, 4.69) is 9.98 Å². The predicted octanol–water partition coefficient (Wildman–Crippen LogP) is 1.30. The van der Waals surface area contributed by atoms with Crippen molar-refractivity contribution in [1.82, 2.24) is 0 Å². The average Bonchev–Trinajstić information content (AvgIpc) is 2.21. The lowest BCUT2D eigenvalue weighted by Gasteiger charge is -1.98. The fourth-order valence-corrected chi connectivity index (χ4v) is 1.26. The second kappa shape index (κ2) is 11.9. The van der Waals surface area contributed by atoms with Crippen LogP contribution in [0.5, 0.6) is 0 Å². The lowest BCUT2D eigenvalue weighted by Crippen LogP contribution is -1.92. The van der Waals surface area contributed by atoms with Crippen LogP contribution in [0.2, 0.25) is 0 Å². The standard InChI is InChI=1S/C10H22N4/c11-9-13-7-5-3-1-2-4-6-8-14-10-12/h9-10H,1-8H2,(H2,11,13)(H2,12,14). The molecule has 0 aliphatic rings. The zero-order chi connectivity index (χ0) is 10.5. The van der Waals surface area contributed by atoms with E-state index < -0.39 is 0 Å². The van der Waals surface area contributed by atoms with Crippen molar-refractivity contribution in [2.45, 2.75) is 38.5 Å². The van der Waals surface area contributed by atoms with Crippen molar-refractivity contribution < 1.29 is 0 Å². The largest absolute Gasteiger partial charge is 0.390 e. The summed E-state index contributed by atoms with van der Waals surface area (Å²) in [5.41, 5.74) is 10.2. The molecule has 4 N–H and O–H groups in total. The van der Waals surface area contributed by atoms with Gasteiger partial charge in [0.25, 0.3) is 0 Å². The van der Waals surface area contributed by atoms with E-state index in [1.807, 2.05) is 0 Å². The summed E-state index contributed by atoms with van der Waals surface area (Å²) in [6.07, 6.45) is 10.1. The molecule has 82 valence electrons. The van der Waals surface area contributed by atoms with E-state index in [4.69, 9.17) is 11.5 Å². The highest BCUT2D eigenvalue weighted by Gasteiger charge is 1.89. The summed E-state index contributed by atoms with van der Waals surface area (Å²) in [7, 11) is 0. The van der Waals surface area contributed by atoms with E-state index in [1.54, 1.807) is 0 Å². The van der Waals surface area contributed by atoms with Crippen molar-refractivity contribution in [1.29, 1.82) is 0 Å². The summed E-state index contributed by atoms with van der Waals surface area (Å²) >= 11 is 0. The van der Waals surface area contributed by atoms with Crippen molar-refractivity contribution in [2.75, 3.05) is 13.1 Å². The molecular weight excluding hydrogens is 176 g/mol. The van der Waals surface area contributed by atoms with Gasteiger partial charge in [-0.2, -0.15) is 0 Å². The maximum absolute atomic E-state index is 5.12. The SMILES string of the molecule is NC=NCCCCCCCCN=CN. The third-order valence-corrected chi connectivity index (χ3v) is 2.04. The van der Waals surface area contributed by atoms with Crippen molar-refractivity contribution in [3.05, 3.63) is 0 Å². The Morgan fingerprint density at radius 2 is 1.00 bits per heavy atom. The molecule has 0 radical (unpaired) electrons. The van der Waals surface area contributed by atoms with Gasteiger partial charge in [0.05, 0.1) is 12.7 Å². The molecular formula is C10H22N4. The molecule has 0 saturated carbocycles. The Kier molecular flexibility index (Phi) is 11.0. The molecule has 0 atom stereocenters. The molecule has 0 fully saturated rings. The molecule has 0 aromatic rings. The Hall–Kier alpha value is -1.06.